The fourth-order valence-electron chi connectivity index (χ4n) is 1.99. The van der Waals surface area contributed by atoms with Crippen LogP contribution in [-0.4, -0.2) is 22.7 Å². The van der Waals surface area contributed by atoms with Gasteiger partial charge in [0, 0.05) is 6.04 Å². The molecule has 0 aromatic rings. The monoisotopic (exact) mass is 183 g/mol. The van der Waals surface area contributed by atoms with Crippen LogP contribution in [0.25, 0.3) is 0 Å². The van der Waals surface area contributed by atoms with Crippen LogP contribution in [0, 0.1) is 5.92 Å². The van der Waals surface area contributed by atoms with Gasteiger partial charge >= 0.3 is 5.97 Å². The summed E-state index contributed by atoms with van der Waals surface area (Å²) in [6.45, 7) is 1.84. The van der Waals surface area contributed by atoms with Gasteiger partial charge in [0.15, 0.2) is 0 Å². The first-order valence-electron chi connectivity index (χ1n) is 5.14. The normalized spacial score (nSPS) is 27.8. The van der Waals surface area contributed by atoms with E-state index in [4.69, 9.17) is 5.11 Å². The maximum Gasteiger partial charge on any atom is 0.323 e. The lowest BCUT2D eigenvalue weighted by Gasteiger charge is -2.36. The molecule has 0 spiro atoms. The molecular formula is C10H17NO2. The molecule has 0 aromatic heterocycles. The molecule has 0 heterocycles. The Morgan fingerprint density at radius 1 is 1.38 bits per heavy atom. The highest BCUT2D eigenvalue weighted by Crippen LogP contribution is 2.41. The minimum absolute atomic E-state index is 0.366. The molecule has 3 heteroatoms. The minimum Gasteiger partial charge on any atom is -0.480 e. The van der Waals surface area contributed by atoms with Crippen molar-refractivity contribution < 1.29 is 9.90 Å². The standard InChI is InChI=1S/C10H17NO2/c1-10(9(12)13,7-5-6-7)11-8-3-2-4-8/h7-8,11H,2-6H2,1H3,(H,12,13). The van der Waals surface area contributed by atoms with Gasteiger partial charge in [-0.2, -0.15) is 0 Å². The summed E-state index contributed by atoms with van der Waals surface area (Å²) in [7, 11) is 0. The third kappa shape index (κ3) is 1.57. The van der Waals surface area contributed by atoms with Crippen LogP contribution in [0.15, 0.2) is 0 Å². The topological polar surface area (TPSA) is 49.3 Å². The Morgan fingerprint density at radius 3 is 2.31 bits per heavy atom. The van der Waals surface area contributed by atoms with Crippen LogP contribution in [0.1, 0.15) is 39.0 Å². The fraction of sp³-hybridized carbons (Fsp3) is 0.900. The summed E-state index contributed by atoms with van der Waals surface area (Å²) in [6, 6.07) is 0.460. The SMILES string of the molecule is CC(NC1CCC1)(C(=O)O)C1CC1. The summed E-state index contributed by atoms with van der Waals surface area (Å²) >= 11 is 0. The predicted octanol–water partition coefficient (Wildman–Crippen LogP) is 1.38. The lowest BCUT2D eigenvalue weighted by atomic mass is 9.87. The van der Waals surface area contributed by atoms with Gasteiger partial charge in [0.05, 0.1) is 0 Å². The molecule has 2 fully saturated rings. The second kappa shape index (κ2) is 2.98. The molecule has 2 aliphatic carbocycles. The van der Waals surface area contributed by atoms with Gasteiger partial charge in [0.1, 0.15) is 5.54 Å². The zero-order valence-electron chi connectivity index (χ0n) is 8.05. The first kappa shape index (κ1) is 9.00. The van der Waals surface area contributed by atoms with Crippen LogP contribution in [0.4, 0.5) is 0 Å². The van der Waals surface area contributed by atoms with Crippen LogP contribution < -0.4 is 5.32 Å². The highest BCUT2D eigenvalue weighted by Gasteiger charge is 2.48. The Morgan fingerprint density at radius 2 is 2.00 bits per heavy atom. The van der Waals surface area contributed by atoms with Crippen molar-refractivity contribution in [2.75, 3.05) is 0 Å². The number of nitrogens with one attached hydrogen (secondary N) is 1. The molecule has 0 amide bonds. The minimum atomic E-state index is -0.679. The van der Waals surface area contributed by atoms with Crippen molar-refractivity contribution in [3.05, 3.63) is 0 Å². The summed E-state index contributed by atoms with van der Waals surface area (Å²) in [5, 5.41) is 12.4. The number of aliphatic carboxylic acids is 1. The molecule has 0 saturated heterocycles. The third-order valence-corrected chi connectivity index (χ3v) is 3.45. The number of rotatable bonds is 4. The molecule has 1 unspecified atom stereocenters. The second-order valence-electron chi connectivity index (χ2n) is 4.55. The van der Waals surface area contributed by atoms with Crippen molar-refractivity contribution >= 4 is 5.97 Å². The smallest absolute Gasteiger partial charge is 0.323 e. The van der Waals surface area contributed by atoms with Gasteiger partial charge < -0.3 is 5.11 Å². The number of carboxylic acid groups (broad SMARTS) is 1. The third-order valence-electron chi connectivity index (χ3n) is 3.45. The summed E-state index contributed by atoms with van der Waals surface area (Å²) in [5.41, 5.74) is -0.648. The van der Waals surface area contributed by atoms with Gasteiger partial charge in [-0.25, -0.2) is 0 Å². The Kier molecular flexibility index (Phi) is 2.06. The zero-order valence-corrected chi connectivity index (χ0v) is 8.05. The lowest BCUT2D eigenvalue weighted by molar-refractivity contribution is -0.145. The van der Waals surface area contributed by atoms with E-state index in [2.05, 4.69) is 5.32 Å². The fourth-order valence-corrected chi connectivity index (χ4v) is 1.99. The van der Waals surface area contributed by atoms with Crippen LogP contribution in [-0.2, 0) is 4.79 Å². The van der Waals surface area contributed by atoms with E-state index >= 15 is 0 Å². The highest BCUT2D eigenvalue weighted by molar-refractivity contribution is 5.79. The summed E-state index contributed by atoms with van der Waals surface area (Å²) in [5.74, 6) is -0.313. The molecule has 1 atom stereocenters. The first-order valence-corrected chi connectivity index (χ1v) is 5.14. The summed E-state index contributed by atoms with van der Waals surface area (Å²) in [4.78, 5) is 11.1. The molecule has 2 aliphatic rings. The number of hydrogen-bond acceptors (Lipinski definition) is 2. The number of carbonyl (C=O) groups is 1. The van der Waals surface area contributed by atoms with Crippen molar-refractivity contribution in [2.24, 2.45) is 5.92 Å². The summed E-state index contributed by atoms with van der Waals surface area (Å²) < 4.78 is 0. The van der Waals surface area contributed by atoms with Crippen LogP contribution in [0.2, 0.25) is 0 Å². The average Bonchev–Trinajstić information content (AvgIpc) is 2.77. The van der Waals surface area contributed by atoms with E-state index < -0.39 is 11.5 Å². The van der Waals surface area contributed by atoms with E-state index in [0.717, 1.165) is 25.7 Å². The molecule has 0 bridgehead atoms. The largest absolute Gasteiger partial charge is 0.480 e. The van der Waals surface area contributed by atoms with E-state index in [0.29, 0.717) is 12.0 Å². The predicted molar refractivity (Wildman–Crippen MR) is 49.5 cm³/mol. The van der Waals surface area contributed by atoms with E-state index in [1.165, 1.54) is 6.42 Å². The van der Waals surface area contributed by atoms with Gasteiger partial charge in [-0.1, -0.05) is 6.42 Å². The van der Waals surface area contributed by atoms with E-state index in [1.807, 2.05) is 6.92 Å². The van der Waals surface area contributed by atoms with Gasteiger partial charge in [-0.15, -0.1) is 0 Å². The molecular weight excluding hydrogens is 166 g/mol. The maximum atomic E-state index is 11.1. The molecule has 0 aromatic carbocycles. The quantitative estimate of drug-likeness (QED) is 0.692. The Hall–Kier alpha value is -0.570. The zero-order chi connectivity index (χ0) is 9.47. The van der Waals surface area contributed by atoms with Gasteiger partial charge in [0.25, 0.3) is 0 Å². The first-order chi connectivity index (χ1) is 6.13. The van der Waals surface area contributed by atoms with Crippen molar-refractivity contribution in [3.63, 3.8) is 0 Å². The molecule has 0 radical (unpaired) electrons. The number of hydrogen-bond donors (Lipinski definition) is 2. The highest BCUT2D eigenvalue weighted by atomic mass is 16.4. The Bertz CT molecular complexity index is 221. The second-order valence-corrected chi connectivity index (χ2v) is 4.55. The Balaban J connectivity index is 1.98. The Labute approximate surface area is 78.5 Å². The molecule has 3 nitrogen and oxygen atoms in total. The molecule has 2 rings (SSSR count). The van der Waals surface area contributed by atoms with Crippen LogP contribution >= 0.6 is 0 Å². The molecule has 74 valence electrons. The maximum absolute atomic E-state index is 11.1. The van der Waals surface area contributed by atoms with Crippen LogP contribution in [0.3, 0.4) is 0 Å². The molecule has 2 saturated carbocycles. The molecule has 0 aliphatic heterocycles. The summed E-state index contributed by atoms with van der Waals surface area (Å²) in [6.07, 6.45) is 5.69. The van der Waals surface area contributed by atoms with Crippen molar-refractivity contribution in [1.82, 2.24) is 5.32 Å². The van der Waals surface area contributed by atoms with Crippen molar-refractivity contribution in [1.29, 1.82) is 0 Å². The average molecular weight is 183 g/mol. The van der Waals surface area contributed by atoms with E-state index in [9.17, 15) is 4.79 Å². The van der Waals surface area contributed by atoms with Crippen LogP contribution in [0.5, 0.6) is 0 Å². The van der Waals surface area contributed by atoms with Gasteiger partial charge in [0.2, 0.25) is 0 Å². The molecule has 13 heavy (non-hydrogen) atoms. The van der Waals surface area contributed by atoms with Crippen molar-refractivity contribution in [2.45, 2.75) is 50.6 Å². The lowest BCUT2D eigenvalue weighted by Crippen LogP contribution is -2.57. The van der Waals surface area contributed by atoms with Gasteiger partial charge in [-0.05, 0) is 38.5 Å². The van der Waals surface area contributed by atoms with Crippen molar-refractivity contribution in [3.8, 4) is 0 Å². The molecule has 2 N–H and O–H groups in total. The van der Waals surface area contributed by atoms with E-state index in [1.54, 1.807) is 0 Å². The van der Waals surface area contributed by atoms with Gasteiger partial charge in [-0.3, -0.25) is 10.1 Å². The van der Waals surface area contributed by atoms with E-state index in [-0.39, 0.29) is 0 Å². The number of carboxylic acids is 1.